The van der Waals surface area contributed by atoms with Crippen molar-refractivity contribution in [1.82, 2.24) is 0 Å². The van der Waals surface area contributed by atoms with Gasteiger partial charge in [0.1, 0.15) is 0 Å². The molecular formula is C13H25O. The zero-order valence-electron chi connectivity index (χ0n) is 9.54. The summed E-state index contributed by atoms with van der Waals surface area (Å²) in [6, 6.07) is 0. The normalized spacial score (nSPS) is 12.7. The molecule has 0 aliphatic rings. The Labute approximate surface area is 89.2 Å². The van der Waals surface area contributed by atoms with E-state index in [9.17, 15) is 0 Å². The number of aliphatic hydroxyl groups excluding tert-OH is 1. The fraction of sp³-hybridized carbons (Fsp3) is 0.769. The molecule has 1 nitrogen and oxygen atoms in total. The lowest BCUT2D eigenvalue weighted by Gasteiger charge is -2.13. The first-order valence-corrected chi connectivity index (χ1v) is 5.91. The van der Waals surface area contributed by atoms with Crippen molar-refractivity contribution in [2.24, 2.45) is 5.92 Å². The molecule has 1 atom stereocenters. The SMILES string of the molecule is C=CCC(CCCC)CCCC[CH]O. The van der Waals surface area contributed by atoms with Gasteiger partial charge in [0.05, 0.1) is 6.61 Å². The highest BCUT2D eigenvalue weighted by Gasteiger charge is 2.05. The van der Waals surface area contributed by atoms with Crippen LogP contribution in [0.2, 0.25) is 0 Å². The predicted octanol–water partition coefficient (Wildman–Crippen LogP) is 4.46. The van der Waals surface area contributed by atoms with Gasteiger partial charge >= 0.3 is 0 Å². The second kappa shape index (κ2) is 10.8. The van der Waals surface area contributed by atoms with Gasteiger partial charge in [-0.2, -0.15) is 0 Å². The lowest BCUT2D eigenvalue weighted by molar-refractivity contribution is 0.358. The Kier molecular flexibility index (Phi) is 10.5. The molecule has 14 heavy (non-hydrogen) atoms. The summed E-state index contributed by atoms with van der Waals surface area (Å²) >= 11 is 0. The van der Waals surface area contributed by atoms with Gasteiger partial charge in [0.2, 0.25) is 0 Å². The molecule has 0 fully saturated rings. The van der Waals surface area contributed by atoms with Crippen molar-refractivity contribution >= 4 is 0 Å². The molecule has 0 amide bonds. The maximum Gasteiger partial charge on any atom is 0.0799 e. The Hall–Kier alpha value is -0.300. The first kappa shape index (κ1) is 13.7. The number of hydrogen-bond acceptors (Lipinski definition) is 1. The minimum Gasteiger partial charge on any atom is -0.390 e. The molecule has 1 N–H and O–H groups in total. The molecule has 0 saturated heterocycles. The third kappa shape index (κ3) is 8.31. The average molecular weight is 197 g/mol. The van der Waals surface area contributed by atoms with Gasteiger partial charge in [0.25, 0.3) is 0 Å². The second-order valence-electron chi connectivity index (χ2n) is 4.00. The topological polar surface area (TPSA) is 20.2 Å². The molecule has 0 rings (SSSR count). The van der Waals surface area contributed by atoms with Crippen LogP contribution in [0.3, 0.4) is 0 Å². The molecule has 0 aromatic carbocycles. The molecule has 0 aromatic rings. The molecule has 83 valence electrons. The fourth-order valence-corrected chi connectivity index (χ4v) is 1.78. The van der Waals surface area contributed by atoms with Gasteiger partial charge in [-0.05, 0) is 18.8 Å². The van der Waals surface area contributed by atoms with E-state index in [2.05, 4.69) is 13.5 Å². The van der Waals surface area contributed by atoms with Crippen LogP contribution in [0.25, 0.3) is 0 Å². The summed E-state index contributed by atoms with van der Waals surface area (Å²) in [4.78, 5) is 0. The summed E-state index contributed by atoms with van der Waals surface area (Å²) in [5, 5.41) is 8.54. The van der Waals surface area contributed by atoms with E-state index in [1.165, 1.54) is 38.7 Å². The van der Waals surface area contributed by atoms with Crippen LogP contribution >= 0.6 is 0 Å². The van der Waals surface area contributed by atoms with E-state index >= 15 is 0 Å². The van der Waals surface area contributed by atoms with Crippen molar-refractivity contribution in [3.05, 3.63) is 19.3 Å². The number of hydrogen-bond donors (Lipinski definition) is 1. The van der Waals surface area contributed by atoms with E-state index in [-0.39, 0.29) is 0 Å². The van der Waals surface area contributed by atoms with E-state index in [4.69, 9.17) is 5.11 Å². The third-order valence-electron chi connectivity index (χ3n) is 2.66. The molecule has 0 bridgehead atoms. The summed E-state index contributed by atoms with van der Waals surface area (Å²) in [6.45, 7) is 7.32. The van der Waals surface area contributed by atoms with Gasteiger partial charge in [-0.1, -0.05) is 51.5 Å². The minimum absolute atomic E-state index is 0.825. The van der Waals surface area contributed by atoms with E-state index < -0.39 is 0 Å². The summed E-state index contributed by atoms with van der Waals surface area (Å²) in [5.41, 5.74) is 0. The maximum absolute atomic E-state index is 8.54. The van der Waals surface area contributed by atoms with Gasteiger partial charge in [0, 0.05) is 0 Å². The first-order valence-electron chi connectivity index (χ1n) is 5.91. The predicted molar refractivity (Wildman–Crippen MR) is 62.5 cm³/mol. The summed E-state index contributed by atoms with van der Waals surface area (Å²) < 4.78 is 0. The Morgan fingerprint density at radius 3 is 2.50 bits per heavy atom. The van der Waals surface area contributed by atoms with Crippen molar-refractivity contribution in [2.45, 2.75) is 58.3 Å². The van der Waals surface area contributed by atoms with Crippen molar-refractivity contribution in [3.8, 4) is 0 Å². The zero-order chi connectivity index (χ0) is 10.6. The quantitative estimate of drug-likeness (QED) is 0.405. The van der Waals surface area contributed by atoms with Gasteiger partial charge < -0.3 is 5.11 Å². The summed E-state index contributed by atoms with van der Waals surface area (Å²) in [6.07, 6.45) is 11.7. The highest BCUT2D eigenvalue weighted by atomic mass is 16.2. The van der Waals surface area contributed by atoms with Gasteiger partial charge in [-0.15, -0.1) is 6.58 Å². The standard InChI is InChI=1S/C13H25O/c1-3-5-10-13(9-4-2)11-7-6-8-12-14/h4,12-14H,2-3,5-11H2,1H3. The Morgan fingerprint density at radius 1 is 1.21 bits per heavy atom. The Balaban J connectivity index is 3.45. The molecule has 1 heteroatoms. The maximum atomic E-state index is 8.54. The van der Waals surface area contributed by atoms with E-state index in [0.717, 1.165) is 25.2 Å². The van der Waals surface area contributed by atoms with Crippen LogP contribution in [0.5, 0.6) is 0 Å². The van der Waals surface area contributed by atoms with Crippen LogP contribution in [0.1, 0.15) is 58.3 Å². The Morgan fingerprint density at radius 2 is 1.93 bits per heavy atom. The largest absolute Gasteiger partial charge is 0.390 e. The number of allylic oxidation sites excluding steroid dienone is 1. The van der Waals surface area contributed by atoms with Gasteiger partial charge in [-0.25, -0.2) is 0 Å². The molecule has 0 aromatic heterocycles. The van der Waals surface area contributed by atoms with Crippen molar-refractivity contribution in [1.29, 1.82) is 0 Å². The second-order valence-corrected chi connectivity index (χ2v) is 4.00. The zero-order valence-corrected chi connectivity index (χ0v) is 9.54. The van der Waals surface area contributed by atoms with Crippen molar-refractivity contribution < 1.29 is 5.11 Å². The molecular weight excluding hydrogens is 172 g/mol. The van der Waals surface area contributed by atoms with Crippen LogP contribution in [0.4, 0.5) is 0 Å². The van der Waals surface area contributed by atoms with Crippen molar-refractivity contribution in [2.75, 3.05) is 0 Å². The molecule has 0 heterocycles. The van der Waals surface area contributed by atoms with Gasteiger partial charge in [-0.3, -0.25) is 0 Å². The van der Waals surface area contributed by atoms with E-state index in [1.54, 1.807) is 0 Å². The van der Waals surface area contributed by atoms with Crippen LogP contribution < -0.4 is 0 Å². The number of rotatable bonds is 10. The lowest BCUT2D eigenvalue weighted by atomic mass is 9.92. The average Bonchev–Trinajstić information content (AvgIpc) is 2.20. The molecule has 0 spiro atoms. The molecule has 1 radical (unpaired) electrons. The van der Waals surface area contributed by atoms with Crippen LogP contribution in [0.15, 0.2) is 12.7 Å². The van der Waals surface area contributed by atoms with Crippen LogP contribution in [-0.2, 0) is 0 Å². The molecule has 0 saturated carbocycles. The van der Waals surface area contributed by atoms with Crippen LogP contribution in [0, 0.1) is 12.5 Å². The molecule has 0 aliphatic heterocycles. The highest BCUT2D eigenvalue weighted by Crippen LogP contribution is 2.20. The Bertz CT molecular complexity index is 120. The van der Waals surface area contributed by atoms with Crippen LogP contribution in [-0.4, -0.2) is 5.11 Å². The highest BCUT2D eigenvalue weighted by molar-refractivity contribution is 4.73. The molecule has 1 unspecified atom stereocenters. The smallest absolute Gasteiger partial charge is 0.0799 e. The first-order chi connectivity index (χ1) is 6.85. The summed E-state index contributed by atoms with van der Waals surface area (Å²) in [5.74, 6) is 0.825. The third-order valence-corrected chi connectivity index (χ3v) is 2.66. The fourth-order valence-electron chi connectivity index (χ4n) is 1.78. The van der Waals surface area contributed by atoms with E-state index in [0.29, 0.717) is 0 Å². The minimum atomic E-state index is 0.825. The monoisotopic (exact) mass is 197 g/mol. The summed E-state index contributed by atoms with van der Waals surface area (Å²) in [7, 11) is 0. The lowest BCUT2D eigenvalue weighted by Crippen LogP contribution is -1.99. The van der Waals surface area contributed by atoms with Gasteiger partial charge in [0.15, 0.2) is 0 Å². The van der Waals surface area contributed by atoms with E-state index in [1.807, 2.05) is 6.08 Å². The molecule has 0 aliphatic carbocycles. The number of aliphatic hydroxyl groups is 1. The number of unbranched alkanes of at least 4 members (excludes halogenated alkanes) is 3. The van der Waals surface area contributed by atoms with Crippen molar-refractivity contribution in [3.63, 3.8) is 0 Å².